The van der Waals surface area contributed by atoms with Gasteiger partial charge in [-0.3, -0.25) is 19.4 Å². The number of hydrogen-bond acceptors (Lipinski definition) is 5. The van der Waals surface area contributed by atoms with Crippen molar-refractivity contribution in [2.75, 3.05) is 5.32 Å². The molecule has 1 aliphatic heterocycles. The Labute approximate surface area is 212 Å². The second kappa shape index (κ2) is 9.75. The van der Waals surface area contributed by atoms with E-state index in [1.54, 1.807) is 83.6 Å². The number of aromatic nitrogens is 3. The van der Waals surface area contributed by atoms with Gasteiger partial charge < -0.3 is 14.8 Å². The zero-order valence-electron chi connectivity index (χ0n) is 19.4. The van der Waals surface area contributed by atoms with Crippen molar-refractivity contribution in [3.05, 3.63) is 112 Å². The Kier molecular flexibility index (Phi) is 6.35. The molecule has 2 aromatic carbocycles. The number of hydrogen-bond donors (Lipinski definition) is 1. The lowest BCUT2D eigenvalue weighted by atomic mass is 10.0. The molecule has 2 amide bonds. The first-order valence-electron chi connectivity index (χ1n) is 11.3. The molecule has 36 heavy (non-hydrogen) atoms. The number of nitrogens with zero attached hydrogens (tertiary/aromatic N) is 4. The molecular formula is C27H22ClN5O3. The molecule has 1 N–H and O–H groups in total. The Bertz CT molecular complexity index is 1450. The summed E-state index contributed by atoms with van der Waals surface area (Å²) >= 11 is 6.13. The predicted octanol–water partition coefficient (Wildman–Crippen LogP) is 3.91. The van der Waals surface area contributed by atoms with Crippen molar-refractivity contribution in [3.63, 3.8) is 0 Å². The quantitative estimate of drug-likeness (QED) is 0.406. The van der Waals surface area contributed by atoms with Crippen LogP contribution < -0.4 is 5.32 Å². The number of carbonyl (C=O) groups excluding carboxylic acids is 3. The van der Waals surface area contributed by atoms with E-state index in [1.807, 2.05) is 12.1 Å². The van der Waals surface area contributed by atoms with Crippen molar-refractivity contribution in [1.82, 2.24) is 19.4 Å². The molecule has 180 valence electrons. The van der Waals surface area contributed by atoms with Crippen molar-refractivity contribution in [2.24, 2.45) is 7.05 Å². The van der Waals surface area contributed by atoms with Gasteiger partial charge in [0.2, 0.25) is 11.7 Å². The van der Waals surface area contributed by atoms with E-state index in [0.717, 1.165) is 5.56 Å². The zero-order chi connectivity index (χ0) is 25.2. The molecule has 3 heterocycles. The number of amides is 2. The molecule has 0 radical (unpaired) electrons. The SMILES string of the molecule is Cn1ccnc1C(=O)c1ccc(CN2C(=O)c3ccc(Cl)cc3NC(=O)C2Cc2ccccn2)cc1. The Hall–Kier alpha value is -4.30. The van der Waals surface area contributed by atoms with Gasteiger partial charge in [0.15, 0.2) is 5.82 Å². The van der Waals surface area contributed by atoms with E-state index in [1.165, 1.54) is 0 Å². The highest BCUT2D eigenvalue weighted by atomic mass is 35.5. The molecule has 0 saturated carbocycles. The van der Waals surface area contributed by atoms with E-state index >= 15 is 0 Å². The largest absolute Gasteiger partial charge is 0.331 e. The van der Waals surface area contributed by atoms with Crippen LogP contribution in [0.25, 0.3) is 0 Å². The van der Waals surface area contributed by atoms with E-state index in [-0.39, 0.29) is 30.6 Å². The second-order valence-electron chi connectivity index (χ2n) is 8.54. The molecule has 1 unspecified atom stereocenters. The third-order valence-corrected chi connectivity index (χ3v) is 6.37. The number of benzene rings is 2. The molecule has 0 saturated heterocycles. The maximum absolute atomic E-state index is 13.7. The molecule has 5 rings (SSSR count). The van der Waals surface area contributed by atoms with Gasteiger partial charge in [-0.2, -0.15) is 0 Å². The van der Waals surface area contributed by atoms with E-state index in [0.29, 0.717) is 33.4 Å². The highest BCUT2D eigenvalue weighted by Crippen LogP contribution is 2.28. The van der Waals surface area contributed by atoms with Crippen LogP contribution in [0.15, 0.2) is 79.3 Å². The number of ketones is 1. The van der Waals surface area contributed by atoms with Crippen LogP contribution >= 0.6 is 11.6 Å². The fourth-order valence-corrected chi connectivity index (χ4v) is 4.41. The van der Waals surface area contributed by atoms with Gasteiger partial charge >= 0.3 is 0 Å². The van der Waals surface area contributed by atoms with Crippen LogP contribution in [0.4, 0.5) is 5.69 Å². The standard InChI is InChI=1S/C27H22ClN5O3/c1-32-13-12-30-25(32)24(34)18-7-5-17(6-8-18)16-33-23(15-20-4-2-3-11-29-20)26(35)31-22-14-19(28)9-10-21(22)27(33)36/h2-14,23H,15-16H2,1H3,(H,31,35). The monoisotopic (exact) mass is 499 g/mol. The Balaban J connectivity index is 1.47. The van der Waals surface area contributed by atoms with Gasteiger partial charge in [0.25, 0.3) is 5.91 Å². The molecule has 0 fully saturated rings. The summed E-state index contributed by atoms with van der Waals surface area (Å²) in [5, 5.41) is 3.28. The molecular weight excluding hydrogens is 478 g/mol. The highest BCUT2D eigenvalue weighted by molar-refractivity contribution is 6.31. The first kappa shape index (κ1) is 23.4. The summed E-state index contributed by atoms with van der Waals surface area (Å²) in [4.78, 5) is 49.8. The zero-order valence-corrected chi connectivity index (χ0v) is 20.1. The molecule has 0 aliphatic carbocycles. The van der Waals surface area contributed by atoms with Crippen LogP contribution in [0.2, 0.25) is 5.02 Å². The second-order valence-corrected chi connectivity index (χ2v) is 8.98. The summed E-state index contributed by atoms with van der Waals surface area (Å²) < 4.78 is 1.66. The number of aryl methyl sites for hydroxylation is 1. The van der Waals surface area contributed by atoms with Crippen LogP contribution in [-0.4, -0.2) is 43.1 Å². The molecule has 4 aromatic rings. The number of rotatable bonds is 6. The molecule has 0 bridgehead atoms. The molecule has 9 heteroatoms. The summed E-state index contributed by atoms with van der Waals surface area (Å²) in [6, 6.07) is 16.5. The first-order chi connectivity index (χ1) is 17.4. The summed E-state index contributed by atoms with van der Waals surface area (Å²) in [6.45, 7) is 0.169. The third kappa shape index (κ3) is 4.63. The topological polar surface area (TPSA) is 97.2 Å². The maximum atomic E-state index is 13.7. The van der Waals surface area contributed by atoms with Crippen molar-refractivity contribution in [3.8, 4) is 0 Å². The van der Waals surface area contributed by atoms with E-state index in [4.69, 9.17) is 11.6 Å². The molecule has 8 nitrogen and oxygen atoms in total. The number of pyridine rings is 1. The van der Waals surface area contributed by atoms with Crippen molar-refractivity contribution in [2.45, 2.75) is 19.0 Å². The lowest BCUT2D eigenvalue weighted by Crippen LogP contribution is -2.46. The van der Waals surface area contributed by atoms with Crippen LogP contribution in [0, 0.1) is 0 Å². The van der Waals surface area contributed by atoms with Crippen LogP contribution in [0.3, 0.4) is 0 Å². The van der Waals surface area contributed by atoms with Crippen LogP contribution in [0.1, 0.15) is 37.8 Å². The van der Waals surface area contributed by atoms with Crippen LogP contribution in [0.5, 0.6) is 0 Å². The fourth-order valence-electron chi connectivity index (χ4n) is 4.23. The fraction of sp³-hybridized carbons (Fsp3) is 0.148. The smallest absolute Gasteiger partial charge is 0.256 e. The lowest BCUT2D eigenvalue weighted by Gasteiger charge is -2.28. The number of carbonyl (C=O) groups is 3. The van der Waals surface area contributed by atoms with Crippen molar-refractivity contribution < 1.29 is 14.4 Å². The van der Waals surface area contributed by atoms with E-state index < -0.39 is 6.04 Å². The molecule has 1 atom stereocenters. The lowest BCUT2D eigenvalue weighted by molar-refractivity contribution is -0.120. The number of fused-ring (bicyclic) bond motifs is 1. The number of halogens is 1. The number of imidazole rings is 1. The summed E-state index contributed by atoms with van der Waals surface area (Å²) in [5.74, 6) is -0.475. The average molecular weight is 500 g/mol. The highest BCUT2D eigenvalue weighted by Gasteiger charge is 2.36. The van der Waals surface area contributed by atoms with Crippen molar-refractivity contribution >= 4 is 34.9 Å². The van der Waals surface area contributed by atoms with Gasteiger partial charge in [-0.25, -0.2) is 4.98 Å². The van der Waals surface area contributed by atoms with Crippen molar-refractivity contribution in [1.29, 1.82) is 0 Å². The Morgan fingerprint density at radius 2 is 1.83 bits per heavy atom. The van der Waals surface area contributed by atoms with Crippen LogP contribution in [-0.2, 0) is 24.8 Å². The molecule has 0 spiro atoms. The summed E-state index contributed by atoms with van der Waals surface area (Å²) in [5.41, 5.74) is 2.68. The van der Waals surface area contributed by atoms with E-state index in [9.17, 15) is 14.4 Å². The normalized spacial score (nSPS) is 15.3. The maximum Gasteiger partial charge on any atom is 0.256 e. The predicted molar refractivity (Wildman–Crippen MR) is 135 cm³/mol. The van der Waals surface area contributed by atoms with Gasteiger partial charge in [0.05, 0.1) is 11.3 Å². The minimum Gasteiger partial charge on any atom is -0.331 e. The summed E-state index contributed by atoms with van der Waals surface area (Å²) in [6.07, 6.45) is 5.19. The molecule has 1 aliphatic rings. The Morgan fingerprint density at radius 3 is 2.53 bits per heavy atom. The minimum atomic E-state index is -0.799. The number of anilines is 1. The third-order valence-electron chi connectivity index (χ3n) is 6.13. The summed E-state index contributed by atoms with van der Waals surface area (Å²) in [7, 11) is 1.76. The molecule has 2 aromatic heterocycles. The van der Waals surface area contributed by atoms with E-state index in [2.05, 4.69) is 15.3 Å². The minimum absolute atomic E-state index is 0.169. The Morgan fingerprint density at radius 1 is 1.03 bits per heavy atom. The van der Waals surface area contributed by atoms with Gasteiger partial charge in [-0.15, -0.1) is 0 Å². The van der Waals surface area contributed by atoms with Gasteiger partial charge in [-0.05, 0) is 35.9 Å². The first-order valence-corrected chi connectivity index (χ1v) is 11.7. The van der Waals surface area contributed by atoms with Gasteiger partial charge in [0, 0.05) is 54.9 Å². The number of nitrogens with one attached hydrogen (secondary N) is 1. The van der Waals surface area contributed by atoms with Gasteiger partial charge in [-0.1, -0.05) is 41.9 Å². The van der Waals surface area contributed by atoms with Gasteiger partial charge in [0.1, 0.15) is 6.04 Å². The average Bonchev–Trinajstić information content (AvgIpc) is 3.28.